The van der Waals surface area contributed by atoms with E-state index in [0.717, 1.165) is 32.1 Å². The zero-order chi connectivity index (χ0) is 15.1. The van der Waals surface area contributed by atoms with Crippen molar-refractivity contribution in [2.75, 3.05) is 0 Å². The normalized spacial score (nSPS) is 23.9. The van der Waals surface area contributed by atoms with E-state index in [4.69, 9.17) is 5.11 Å². The van der Waals surface area contributed by atoms with Crippen LogP contribution in [0.4, 0.5) is 0 Å². The summed E-state index contributed by atoms with van der Waals surface area (Å²) >= 11 is 0. The van der Waals surface area contributed by atoms with Crippen LogP contribution in [0.2, 0.25) is 0 Å². The highest BCUT2D eigenvalue weighted by molar-refractivity contribution is 5.85. The molecule has 0 bridgehead atoms. The summed E-state index contributed by atoms with van der Waals surface area (Å²) < 4.78 is 0. The molecule has 0 aliphatic heterocycles. The first-order valence-corrected chi connectivity index (χ1v) is 7.46. The zero-order valence-corrected chi connectivity index (χ0v) is 12.4. The SMILES string of the molecule is CCC1CCC(C(=O)NC(CCC(C)=O)C(=O)O)CC1. The molecule has 0 aromatic rings. The Balaban J connectivity index is 2.45. The van der Waals surface area contributed by atoms with Crippen LogP contribution in [0.1, 0.15) is 58.8 Å². The average molecular weight is 283 g/mol. The predicted octanol–water partition coefficient (Wildman–Crippen LogP) is 2.14. The molecule has 0 heterocycles. The van der Waals surface area contributed by atoms with Crippen molar-refractivity contribution < 1.29 is 19.5 Å². The van der Waals surface area contributed by atoms with Crippen molar-refractivity contribution in [2.24, 2.45) is 11.8 Å². The highest BCUT2D eigenvalue weighted by atomic mass is 16.4. The maximum atomic E-state index is 12.1. The zero-order valence-electron chi connectivity index (χ0n) is 12.4. The first kappa shape index (κ1) is 16.7. The lowest BCUT2D eigenvalue weighted by Gasteiger charge is -2.28. The van der Waals surface area contributed by atoms with Crippen LogP contribution in [0.15, 0.2) is 0 Å². The molecule has 5 heteroatoms. The third-order valence-electron chi connectivity index (χ3n) is 4.19. The summed E-state index contributed by atoms with van der Waals surface area (Å²) in [5.41, 5.74) is 0. The molecule has 0 spiro atoms. The molecule has 0 aromatic carbocycles. The molecule has 1 atom stereocenters. The third-order valence-corrected chi connectivity index (χ3v) is 4.19. The Morgan fingerprint density at radius 3 is 2.25 bits per heavy atom. The van der Waals surface area contributed by atoms with Crippen molar-refractivity contribution in [1.82, 2.24) is 5.32 Å². The number of ketones is 1. The molecule has 1 saturated carbocycles. The van der Waals surface area contributed by atoms with E-state index in [1.807, 2.05) is 0 Å². The van der Waals surface area contributed by atoms with Gasteiger partial charge in [-0.2, -0.15) is 0 Å². The molecular weight excluding hydrogens is 258 g/mol. The fourth-order valence-electron chi connectivity index (χ4n) is 2.73. The lowest BCUT2D eigenvalue weighted by Crippen LogP contribution is -2.44. The minimum Gasteiger partial charge on any atom is -0.480 e. The van der Waals surface area contributed by atoms with Crippen molar-refractivity contribution in [1.29, 1.82) is 0 Å². The molecular formula is C15H25NO4. The fourth-order valence-corrected chi connectivity index (χ4v) is 2.73. The molecule has 1 aliphatic rings. The van der Waals surface area contributed by atoms with Crippen molar-refractivity contribution >= 4 is 17.7 Å². The standard InChI is InChI=1S/C15H25NO4/c1-3-11-5-7-12(8-6-11)14(18)16-13(15(19)20)9-4-10(2)17/h11-13H,3-9H2,1-2H3,(H,16,18)(H,19,20). The van der Waals surface area contributed by atoms with E-state index >= 15 is 0 Å². The van der Waals surface area contributed by atoms with Crippen molar-refractivity contribution in [3.05, 3.63) is 0 Å². The number of carbonyl (C=O) groups is 3. The van der Waals surface area contributed by atoms with Gasteiger partial charge in [-0.05, 0) is 44.9 Å². The quantitative estimate of drug-likeness (QED) is 0.750. The summed E-state index contributed by atoms with van der Waals surface area (Å²) in [5.74, 6) is -0.671. The summed E-state index contributed by atoms with van der Waals surface area (Å²) in [4.78, 5) is 34.1. The van der Waals surface area contributed by atoms with Crippen LogP contribution >= 0.6 is 0 Å². The number of carbonyl (C=O) groups excluding carboxylic acids is 2. The van der Waals surface area contributed by atoms with Gasteiger partial charge < -0.3 is 15.2 Å². The van der Waals surface area contributed by atoms with Gasteiger partial charge in [0.1, 0.15) is 11.8 Å². The van der Waals surface area contributed by atoms with Crippen LogP contribution < -0.4 is 5.32 Å². The number of carboxylic acid groups (broad SMARTS) is 1. The monoisotopic (exact) mass is 283 g/mol. The molecule has 1 fully saturated rings. The number of rotatable bonds is 7. The van der Waals surface area contributed by atoms with Gasteiger partial charge in [0, 0.05) is 12.3 Å². The van der Waals surface area contributed by atoms with Gasteiger partial charge in [-0.15, -0.1) is 0 Å². The van der Waals surface area contributed by atoms with Gasteiger partial charge in [0.05, 0.1) is 0 Å². The summed E-state index contributed by atoms with van der Waals surface area (Å²) in [7, 11) is 0. The predicted molar refractivity (Wildman–Crippen MR) is 75.2 cm³/mol. The Labute approximate surface area is 120 Å². The van der Waals surface area contributed by atoms with Crippen LogP contribution in [0.5, 0.6) is 0 Å². The number of amides is 1. The van der Waals surface area contributed by atoms with E-state index in [9.17, 15) is 14.4 Å². The Morgan fingerprint density at radius 1 is 1.20 bits per heavy atom. The first-order valence-electron chi connectivity index (χ1n) is 7.46. The van der Waals surface area contributed by atoms with Gasteiger partial charge in [0.15, 0.2) is 0 Å². The highest BCUT2D eigenvalue weighted by Gasteiger charge is 2.28. The molecule has 2 N–H and O–H groups in total. The molecule has 1 aliphatic carbocycles. The largest absolute Gasteiger partial charge is 0.480 e. The summed E-state index contributed by atoms with van der Waals surface area (Å²) in [5, 5.41) is 11.7. The Kier molecular flexibility index (Phi) is 6.68. The molecule has 0 aromatic heterocycles. The van der Waals surface area contributed by atoms with Gasteiger partial charge in [-0.3, -0.25) is 4.79 Å². The fraction of sp³-hybridized carbons (Fsp3) is 0.800. The van der Waals surface area contributed by atoms with Crippen LogP contribution in [0, 0.1) is 11.8 Å². The first-order chi connectivity index (χ1) is 9.43. The Morgan fingerprint density at radius 2 is 1.80 bits per heavy atom. The summed E-state index contributed by atoms with van der Waals surface area (Å²) in [6.07, 6.45) is 5.25. The number of hydrogen-bond acceptors (Lipinski definition) is 3. The molecule has 1 unspecified atom stereocenters. The van der Waals surface area contributed by atoms with Crippen molar-refractivity contribution in [2.45, 2.75) is 64.8 Å². The topological polar surface area (TPSA) is 83.5 Å². The van der Waals surface area contributed by atoms with Gasteiger partial charge >= 0.3 is 5.97 Å². The van der Waals surface area contributed by atoms with Crippen LogP contribution in [0.3, 0.4) is 0 Å². The summed E-state index contributed by atoms with van der Waals surface area (Å²) in [6, 6.07) is -0.949. The Hall–Kier alpha value is -1.39. The maximum absolute atomic E-state index is 12.1. The number of hydrogen-bond donors (Lipinski definition) is 2. The average Bonchev–Trinajstić information content (AvgIpc) is 2.42. The second-order valence-corrected chi connectivity index (χ2v) is 5.77. The maximum Gasteiger partial charge on any atom is 0.326 e. The van der Waals surface area contributed by atoms with Crippen molar-refractivity contribution in [3.8, 4) is 0 Å². The number of Topliss-reactive ketones (excluding diaryl/α,β-unsaturated/α-hetero) is 1. The lowest BCUT2D eigenvalue weighted by molar-refractivity contribution is -0.143. The van der Waals surface area contributed by atoms with Gasteiger partial charge in [0.25, 0.3) is 0 Å². The molecule has 114 valence electrons. The van der Waals surface area contributed by atoms with Crippen LogP contribution in [-0.2, 0) is 14.4 Å². The van der Waals surface area contributed by atoms with E-state index in [1.165, 1.54) is 6.92 Å². The van der Waals surface area contributed by atoms with E-state index in [0.29, 0.717) is 5.92 Å². The number of carboxylic acids is 1. The van der Waals surface area contributed by atoms with Gasteiger partial charge in [-0.25, -0.2) is 4.79 Å². The minimum absolute atomic E-state index is 0.0612. The summed E-state index contributed by atoms with van der Waals surface area (Å²) in [6.45, 7) is 3.58. The van der Waals surface area contributed by atoms with E-state index in [1.54, 1.807) is 0 Å². The van der Waals surface area contributed by atoms with Crippen LogP contribution in [0.25, 0.3) is 0 Å². The molecule has 5 nitrogen and oxygen atoms in total. The number of aliphatic carboxylic acids is 1. The van der Waals surface area contributed by atoms with Crippen LogP contribution in [-0.4, -0.2) is 28.8 Å². The lowest BCUT2D eigenvalue weighted by atomic mass is 9.80. The molecule has 0 radical (unpaired) electrons. The molecule has 0 saturated heterocycles. The second kappa shape index (κ2) is 8.02. The van der Waals surface area contributed by atoms with Gasteiger partial charge in [-0.1, -0.05) is 13.3 Å². The molecule has 20 heavy (non-hydrogen) atoms. The second-order valence-electron chi connectivity index (χ2n) is 5.77. The van der Waals surface area contributed by atoms with E-state index in [-0.39, 0.29) is 30.4 Å². The third kappa shape index (κ3) is 5.31. The van der Waals surface area contributed by atoms with Crippen molar-refractivity contribution in [3.63, 3.8) is 0 Å². The Bertz CT molecular complexity index is 359. The smallest absolute Gasteiger partial charge is 0.326 e. The molecule has 1 rings (SSSR count). The highest BCUT2D eigenvalue weighted by Crippen LogP contribution is 2.30. The van der Waals surface area contributed by atoms with Gasteiger partial charge in [0.2, 0.25) is 5.91 Å². The van der Waals surface area contributed by atoms with E-state index < -0.39 is 12.0 Å². The minimum atomic E-state index is -1.07. The number of nitrogens with one attached hydrogen (secondary N) is 1. The van der Waals surface area contributed by atoms with E-state index in [2.05, 4.69) is 12.2 Å². The molecule has 1 amide bonds.